The van der Waals surface area contributed by atoms with Crippen LogP contribution in [-0.2, 0) is 0 Å². The molecule has 0 aliphatic carbocycles. The zero-order chi connectivity index (χ0) is 8.97. The minimum atomic E-state index is 0.383. The molecule has 0 aliphatic rings. The van der Waals surface area contributed by atoms with E-state index in [9.17, 15) is 0 Å². The van der Waals surface area contributed by atoms with Gasteiger partial charge < -0.3 is 11.5 Å². The number of rotatable bonds is 0. The second-order valence-corrected chi connectivity index (χ2v) is 2.53. The molecule has 2 nitrogen and oxygen atoms in total. The van der Waals surface area contributed by atoms with Crippen molar-refractivity contribution < 1.29 is 0 Å². The Morgan fingerprint density at radius 2 is 2.17 bits per heavy atom. The molecule has 0 fully saturated rings. The summed E-state index contributed by atoms with van der Waals surface area (Å²) in [6.45, 7) is 2.34. The van der Waals surface area contributed by atoms with Gasteiger partial charge in [0.15, 0.2) is 0 Å². The fourth-order valence-corrected chi connectivity index (χ4v) is 0.935. The second kappa shape index (κ2) is 3.80. The normalized spacial score (nSPS) is 8.83. The topological polar surface area (TPSA) is 52.0 Å². The number of benzene rings is 1. The highest BCUT2D eigenvalue weighted by atomic mass is 14.6. The lowest BCUT2D eigenvalue weighted by molar-refractivity contribution is 1.30. The van der Waals surface area contributed by atoms with E-state index in [-0.39, 0.29) is 0 Å². The van der Waals surface area contributed by atoms with Crippen LogP contribution in [0.5, 0.6) is 0 Å². The van der Waals surface area contributed by atoms with Gasteiger partial charge in [0, 0.05) is 11.3 Å². The van der Waals surface area contributed by atoms with Crippen LogP contribution >= 0.6 is 0 Å². The zero-order valence-electron chi connectivity index (χ0n) is 7.09. The molecule has 0 radical (unpaired) electrons. The predicted molar refractivity (Wildman–Crippen MR) is 51.5 cm³/mol. The minimum absolute atomic E-state index is 0.383. The van der Waals surface area contributed by atoms with Gasteiger partial charge in [0.05, 0.1) is 6.54 Å². The van der Waals surface area contributed by atoms with Gasteiger partial charge in [-0.3, -0.25) is 0 Å². The molecule has 0 amide bonds. The van der Waals surface area contributed by atoms with Crippen LogP contribution in [0.25, 0.3) is 0 Å². The first kappa shape index (κ1) is 8.63. The van der Waals surface area contributed by atoms with Crippen LogP contribution in [0.2, 0.25) is 0 Å². The Labute approximate surface area is 72.6 Å². The summed E-state index contributed by atoms with van der Waals surface area (Å²) in [5.41, 5.74) is 13.7. The standard InChI is InChI=1S/C10H12N2/c1-8-9(5-3-7-11)4-2-6-10(8)12/h2,4,6H,7,11-12H2,1H3. The van der Waals surface area contributed by atoms with Crippen molar-refractivity contribution in [1.29, 1.82) is 0 Å². The first-order valence-corrected chi connectivity index (χ1v) is 3.79. The fourth-order valence-electron chi connectivity index (χ4n) is 0.935. The van der Waals surface area contributed by atoms with Crippen molar-refractivity contribution in [3.8, 4) is 11.8 Å². The van der Waals surface area contributed by atoms with Crippen LogP contribution in [-0.4, -0.2) is 6.54 Å². The van der Waals surface area contributed by atoms with Crippen LogP contribution in [0, 0.1) is 18.8 Å². The summed E-state index contributed by atoms with van der Waals surface area (Å²) in [5, 5.41) is 0. The number of nitrogens with two attached hydrogens (primary N) is 2. The van der Waals surface area contributed by atoms with Crippen molar-refractivity contribution in [2.45, 2.75) is 6.92 Å². The lowest BCUT2D eigenvalue weighted by atomic mass is 10.1. The maximum atomic E-state index is 5.69. The maximum Gasteiger partial charge on any atom is 0.0555 e. The summed E-state index contributed by atoms with van der Waals surface area (Å²) in [5.74, 6) is 5.75. The molecule has 0 aromatic heterocycles. The van der Waals surface area contributed by atoms with E-state index in [1.807, 2.05) is 25.1 Å². The third-order valence-electron chi connectivity index (χ3n) is 1.70. The summed E-state index contributed by atoms with van der Waals surface area (Å²) in [6, 6.07) is 5.69. The zero-order valence-corrected chi connectivity index (χ0v) is 7.09. The van der Waals surface area contributed by atoms with Crippen LogP contribution in [0.3, 0.4) is 0 Å². The Balaban J connectivity index is 3.08. The molecule has 62 valence electrons. The van der Waals surface area contributed by atoms with E-state index in [0.29, 0.717) is 6.54 Å². The van der Waals surface area contributed by atoms with Gasteiger partial charge in [0.25, 0.3) is 0 Å². The molecular formula is C10H12N2. The Bertz CT molecular complexity index is 331. The molecule has 0 heterocycles. The second-order valence-electron chi connectivity index (χ2n) is 2.53. The third kappa shape index (κ3) is 1.77. The minimum Gasteiger partial charge on any atom is -0.398 e. The lowest BCUT2D eigenvalue weighted by Crippen LogP contribution is -1.95. The Hall–Kier alpha value is -1.46. The molecule has 1 aromatic rings. The monoisotopic (exact) mass is 160 g/mol. The predicted octanol–water partition coefficient (Wildman–Crippen LogP) is 0.887. The summed E-state index contributed by atoms with van der Waals surface area (Å²) in [6.07, 6.45) is 0. The van der Waals surface area contributed by atoms with Crippen molar-refractivity contribution in [2.24, 2.45) is 5.73 Å². The van der Waals surface area contributed by atoms with Gasteiger partial charge in [-0.15, -0.1) is 0 Å². The van der Waals surface area contributed by atoms with Crippen LogP contribution in [0.1, 0.15) is 11.1 Å². The third-order valence-corrected chi connectivity index (χ3v) is 1.70. The number of hydrogen-bond acceptors (Lipinski definition) is 2. The summed E-state index contributed by atoms with van der Waals surface area (Å²) in [4.78, 5) is 0. The van der Waals surface area contributed by atoms with Gasteiger partial charge in [-0.25, -0.2) is 0 Å². The van der Waals surface area contributed by atoms with E-state index >= 15 is 0 Å². The van der Waals surface area contributed by atoms with E-state index in [2.05, 4.69) is 11.8 Å². The fraction of sp³-hybridized carbons (Fsp3) is 0.200. The first-order valence-electron chi connectivity index (χ1n) is 3.79. The average Bonchev–Trinajstić information content (AvgIpc) is 2.08. The average molecular weight is 160 g/mol. The van der Waals surface area contributed by atoms with Crippen LogP contribution in [0.4, 0.5) is 5.69 Å². The van der Waals surface area contributed by atoms with Crippen molar-refractivity contribution in [3.63, 3.8) is 0 Å². The van der Waals surface area contributed by atoms with Crippen molar-refractivity contribution in [1.82, 2.24) is 0 Å². The van der Waals surface area contributed by atoms with E-state index in [4.69, 9.17) is 11.5 Å². The summed E-state index contributed by atoms with van der Waals surface area (Å²) < 4.78 is 0. The van der Waals surface area contributed by atoms with Gasteiger partial charge in [0.1, 0.15) is 0 Å². The Morgan fingerprint density at radius 1 is 1.42 bits per heavy atom. The smallest absolute Gasteiger partial charge is 0.0555 e. The largest absolute Gasteiger partial charge is 0.398 e. The Kier molecular flexibility index (Phi) is 2.73. The first-order chi connectivity index (χ1) is 5.75. The van der Waals surface area contributed by atoms with Gasteiger partial charge >= 0.3 is 0 Å². The molecule has 2 heteroatoms. The molecule has 0 atom stereocenters. The molecule has 0 bridgehead atoms. The number of anilines is 1. The highest BCUT2D eigenvalue weighted by Gasteiger charge is 1.96. The number of hydrogen-bond donors (Lipinski definition) is 2. The van der Waals surface area contributed by atoms with Crippen molar-refractivity contribution >= 4 is 5.69 Å². The quantitative estimate of drug-likeness (QED) is 0.437. The summed E-state index contributed by atoms with van der Waals surface area (Å²) in [7, 11) is 0. The molecule has 12 heavy (non-hydrogen) atoms. The molecule has 4 N–H and O–H groups in total. The SMILES string of the molecule is Cc1c(N)cccc1C#CCN. The molecule has 0 unspecified atom stereocenters. The highest BCUT2D eigenvalue weighted by molar-refractivity contribution is 5.55. The van der Waals surface area contributed by atoms with E-state index < -0.39 is 0 Å². The highest BCUT2D eigenvalue weighted by Crippen LogP contribution is 2.13. The molecular weight excluding hydrogens is 148 g/mol. The molecule has 0 saturated carbocycles. The van der Waals surface area contributed by atoms with E-state index in [1.54, 1.807) is 0 Å². The molecule has 0 aliphatic heterocycles. The van der Waals surface area contributed by atoms with Crippen molar-refractivity contribution in [2.75, 3.05) is 12.3 Å². The van der Waals surface area contributed by atoms with E-state index in [0.717, 1.165) is 16.8 Å². The summed E-state index contributed by atoms with van der Waals surface area (Å²) >= 11 is 0. The number of nitrogen functional groups attached to an aromatic ring is 1. The van der Waals surface area contributed by atoms with Crippen LogP contribution < -0.4 is 11.5 Å². The van der Waals surface area contributed by atoms with Crippen molar-refractivity contribution in [3.05, 3.63) is 29.3 Å². The Morgan fingerprint density at radius 3 is 2.83 bits per heavy atom. The van der Waals surface area contributed by atoms with E-state index in [1.165, 1.54) is 0 Å². The lowest BCUT2D eigenvalue weighted by Gasteiger charge is -2.00. The molecule has 0 spiro atoms. The van der Waals surface area contributed by atoms with Gasteiger partial charge in [-0.2, -0.15) is 0 Å². The molecule has 1 aromatic carbocycles. The molecule has 1 rings (SSSR count). The maximum absolute atomic E-state index is 5.69. The van der Waals surface area contributed by atoms with Gasteiger partial charge in [0.2, 0.25) is 0 Å². The molecule has 0 saturated heterocycles. The van der Waals surface area contributed by atoms with Gasteiger partial charge in [-0.1, -0.05) is 17.9 Å². The van der Waals surface area contributed by atoms with Crippen LogP contribution in [0.15, 0.2) is 18.2 Å². The van der Waals surface area contributed by atoms with Gasteiger partial charge in [-0.05, 0) is 24.6 Å².